The van der Waals surface area contributed by atoms with Crippen LogP contribution < -0.4 is 10.1 Å². The number of thioether (sulfide) groups is 1. The number of piperazine rings is 1. The maximum Gasteiger partial charge on any atom is 0.387 e. The van der Waals surface area contributed by atoms with Gasteiger partial charge < -0.3 is 19.7 Å². The van der Waals surface area contributed by atoms with E-state index >= 15 is 0 Å². The Kier molecular flexibility index (Phi) is 9.36. The van der Waals surface area contributed by atoms with Crippen LogP contribution in [-0.4, -0.2) is 104 Å². The minimum Gasteiger partial charge on any atom is -0.434 e. The number of halogens is 2. The van der Waals surface area contributed by atoms with E-state index in [1.807, 2.05) is 4.90 Å². The van der Waals surface area contributed by atoms with Gasteiger partial charge in [-0.1, -0.05) is 0 Å². The number of benzene rings is 1. The lowest BCUT2D eigenvalue weighted by Crippen LogP contribution is -2.51. The smallest absolute Gasteiger partial charge is 0.387 e. The molecule has 0 spiro atoms. The Morgan fingerprint density at radius 2 is 2.00 bits per heavy atom. The van der Waals surface area contributed by atoms with Gasteiger partial charge in [0.2, 0.25) is 5.91 Å². The highest BCUT2D eigenvalue weighted by Crippen LogP contribution is 2.43. The average molecular weight is 667 g/mol. The third-order valence-corrected chi connectivity index (χ3v) is 9.91. The van der Waals surface area contributed by atoms with Gasteiger partial charge in [0.1, 0.15) is 23.6 Å². The summed E-state index contributed by atoms with van der Waals surface area (Å²) in [5.41, 5.74) is 1.32. The number of rotatable bonds is 11. The molecule has 1 unspecified atom stereocenters. The van der Waals surface area contributed by atoms with Gasteiger partial charge in [0.05, 0.1) is 18.5 Å². The van der Waals surface area contributed by atoms with Gasteiger partial charge in [-0.15, -0.1) is 11.8 Å². The molecule has 5 heterocycles. The van der Waals surface area contributed by atoms with Crippen molar-refractivity contribution in [3.63, 3.8) is 0 Å². The number of hydrogen-bond donors (Lipinski definition) is 1. The van der Waals surface area contributed by atoms with Gasteiger partial charge in [-0.3, -0.25) is 19.2 Å². The molecular weight excluding hydrogens is 630 g/mol. The Bertz CT molecular complexity index is 1730. The number of anilines is 1. The molecule has 47 heavy (non-hydrogen) atoms. The number of carbonyl (C=O) groups excluding carboxylic acids is 2. The van der Waals surface area contributed by atoms with Crippen molar-refractivity contribution in [2.45, 2.75) is 49.0 Å². The van der Waals surface area contributed by atoms with Gasteiger partial charge >= 0.3 is 6.61 Å². The Labute approximate surface area is 274 Å². The van der Waals surface area contributed by atoms with Crippen LogP contribution in [0.2, 0.25) is 0 Å². The molecule has 0 bridgehead atoms. The molecule has 1 saturated carbocycles. The first-order valence-electron chi connectivity index (χ1n) is 15.9. The lowest BCUT2D eigenvalue weighted by molar-refractivity contribution is -0.134. The van der Waals surface area contributed by atoms with Gasteiger partial charge in [-0.2, -0.15) is 19.0 Å². The summed E-state index contributed by atoms with van der Waals surface area (Å²) < 4.78 is 40.5. The summed E-state index contributed by atoms with van der Waals surface area (Å²) in [6, 6.07) is 6.69. The summed E-state index contributed by atoms with van der Waals surface area (Å²) in [5.74, 6) is -0.181. The first kappa shape index (κ1) is 31.5. The standard InChI is InChI=1S/C32H36F2N8O4S/c33-32(34)46-27-7-6-23(47-22-4-5-22)15-24(27)29-26(37-31(44)25-16-36-42-9-2-8-35-30(25)42)18-41(38-29)19-28(43)40-12-10-39(11-13-40)17-21-3-1-14-45-20-21/h2,6-9,15-16,18,21-22,32H,1,3-5,10-14,17,19-20H2,(H,37,44). The molecule has 2 saturated heterocycles. The fourth-order valence-corrected chi connectivity index (χ4v) is 7.14. The zero-order valence-corrected chi connectivity index (χ0v) is 26.6. The molecule has 1 atom stereocenters. The monoisotopic (exact) mass is 666 g/mol. The van der Waals surface area contributed by atoms with Crippen LogP contribution in [0.1, 0.15) is 36.0 Å². The molecule has 3 fully saturated rings. The van der Waals surface area contributed by atoms with Crippen molar-refractivity contribution in [1.82, 2.24) is 34.2 Å². The second-order valence-electron chi connectivity index (χ2n) is 12.1. The first-order valence-corrected chi connectivity index (χ1v) is 16.8. The van der Waals surface area contributed by atoms with E-state index in [1.165, 1.54) is 27.9 Å². The molecule has 12 nitrogen and oxygen atoms in total. The summed E-state index contributed by atoms with van der Waals surface area (Å²) in [4.78, 5) is 36.3. The lowest BCUT2D eigenvalue weighted by atomic mass is 10.0. The van der Waals surface area contributed by atoms with E-state index in [4.69, 9.17) is 9.47 Å². The highest BCUT2D eigenvalue weighted by atomic mass is 32.2. The predicted molar refractivity (Wildman–Crippen MR) is 171 cm³/mol. The minimum atomic E-state index is -3.06. The van der Waals surface area contributed by atoms with E-state index in [1.54, 1.807) is 48.6 Å². The Morgan fingerprint density at radius 3 is 2.77 bits per heavy atom. The van der Waals surface area contributed by atoms with Crippen LogP contribution >= 0.6 is 11.8 Å². The SMILES string of the molecule is O=C(Nc1cn(CC(=O)N2CCN(CC3CCCOC3)CC2)nc1-c1cc(SC2CC2)ccc1OC(F)F)c1cnn2cccnc12. The van der Waals surface area contributed by atoms with Crippen molar-refractivity contribution in [2.75, 3.05) is 51.3 Å². The number of nitrogens with one attached hydrogen (secondary N) is 1. The maximum absolute atomic E-state index is 13.5. The number of carbonyl (C=O) groups is 2. The molecular formula is C32H36F2N8O4S. The number of alkyl halides is 2. The molecule has 7 rings (SSSR count). The number of nitrogens with zero attached hydrogens (tertiary/aromatic N) is 7. The molecule has 0 radical (unpaired) electrons. The van der Waals surface area contributed by atoms with E-state index in [2.05, 4.69) is 25.4 Å². The first-order chi connectivity index (χ1) is 22.9. The van der Waals surface area contributed by atoms with Gasteiger partial charge in [-0.25, -0.2) is 9.50 Å². The predicted octanol–water partition coefficient (Wildman–Crippen LogP) is 4.27. The quantitative estimate of drug-likeness (QED) is 0.250. The van der Waals surface area contributed by atoms with E-state index < -0.39 is 12.5 Å². The Balaban J connectivity index is 1.13. The molecule has 1 aliphatic carbocycles. The van der Waals surface area contributed by atoms with Gasteiger partial charge in [0.25, 0.3) is 5.91 Å². The van der Waals surface area contributed by atoms with Crippen LogP contribution in [0.15, 0.2) is 53.9 Å². The van der Waals surface area contributed by atoms with Gasteiger partial charge in [0, 0.05) is 73.6 Å². The van der Waals surface area contributed by atoms with Gasteiger partial charge in [-0.05, 0) is 55.9 Å². The molecule has 248 valence electrons. The van der Waals surface area contributed by atoms with Crippen molar-refractivity contribution in [3.8, 4) is 17.0 Å². The molecule has 3 aromatic heterocycles. The Hall–Kier alpha value is -4.08. The van der Waals surface area contributed by atoms with Crippen molar-refractivity contribution in [2.24, 2.45) is 5.92 Å². The van der Waals surface area contributed by atoms with E-state index in [9.17, 15) is 18.4 Å². The topological polar surface area (TPSA) is 119 Å². The third kappa shape index (κ3) is 7.57. The third-order valence-electron chi connectivity index (χ3n) is 8.58. The summed E-state index contributed by atoms with van der Waals surface area (Å²) in [7, 11) is 0. The largest absolute Gasteiger partial charge is 0.434 e. The summed E-state index contributed by atoms with van der Waals surface area (Å²) in [6.07, 6.45) is 10.6. The highest BCUT2D eigenvalue weighted by Gasteiger charge is 2.28. The average Bonchev–Trinajstić information content (AvgIpc) is 3.64. The molecule has 1 N–H and O–H groups in total. The number of aromatic nitrogens is 5. The van der Waals surface area contributed by atoms with Crippen molar-refractivity contribution < 1.29 is 27.8 Å². The lowest BCUT2D eigenvalue weighted by Gasteiger charge is -2.37. The van der Waals surface area contributed by atoms with Crippen LogP contribution in [0.5, 0.6) is 5.75 Å². The minimum absolute atomic E-state index is 0.0793. The molecule has 3 aliphatic rings. The van der Waals surface area contributed by atoms with Crippen molar-refractivity contribution in [1.29, 1.82) is 0 Å². The summed E-state index contributed by atoms with van der Waals surface area (Å²) >= 11 is 1.66. The maximum atomic E-state index is 13.5. The zero-order valence-electron chi connectivity index (χ0n) is 25.8. The molecule has 2 aliphatic heterocycles. The number of fused-ring (bicyclic) bond motifs is 1. The number of amides is 2. The fourth-order valence-electron chi connectivity index (χ4n) is 6.05. The summed E-state index contributed by atoms with van der Waals surface area (Å²) in [6.45, 7) is 2.20. The van der Waals surface area contributed by atoms with E-state index in [-0.39, 0.29) is 40.7 Å². The number of hydrogen-bond acceptors (Lipinski definition) is 9. The number of ether oxygens (including phenoxy) is 2. The molecule has 15 heteroatoms. The van der Waals surface area contributed by atoms with Crippen molar-refractivity contribution >= 4 is 34.9 Å². The highest BCUT2D eigenvalue weighted by molar-refractivity contribution is 8.00. The van der Waals surface area contributed by atoms with Crippen molar-refractivity contribution in [3.05, 3.63) is 54.6 Å². The van der Waals surface area contributed by atoms with E-state index in [0.29, 0.717) is 29.9 Å². The summed E-state index contributed by atoms with van der Waals surface area (Å²) in [5, 5.41) is 12.2. The second-order valence-corrected chi connectivity index (χ2v) is 13.5. The zero-order chi connectivity index (χ0) is 32.3. The second kappa shape index (κ2) is 14.0. The fraction of sp³-hybridized carbons (Fsp3) is 0.469. The Morgan fingerprint density at radius 1 is 1.15 bits per heavy atom. The van der Waals surface area contributed by atoms with Crippen LogP contribution in [0.4, 0.5) is 14.5 Å². The van der Waals surface area contributed by atoms with E-state index in [0.717, 1.165) is 57.0 Å². The van der Waals surface area contributed by atoms with Crippen LogP contribution in [0.25, 0.3) is 16.9 Å². The van der Waals surface area contributed by atoms with Crippen LogP contribution in [0, 0.1) is 5.92 Å². The molecule has 1 aromatic carbocycles. The normalized spacial score (nSPS) is 19.0. The molecule has 4 aromatic rings. The van der Waals surface area contributed by atoms with Crippen LogP contribution in [0.3, 0.4) is 0 Å². The van der Waals surface area contributed by atoms with Crippen LogP contribution in [-0.2, 0) is 16.1 Å². The van der Waals surface area contributed by atoms with Gasteiger partial charge in [0.15, 0.2) is 5.65 Å². The molecule has 2 amide bonds.